The number of fused-ring (bicyclic) bond motifs is 2. The van der Waals surface area contributed by atoms with E-state index in [0.29, 0.717) is 36.3 Å². The summed E-state index contributed by atoms with van der Waals surface area (Å²) < 4.78 is 56.1. The number of alkyl halides is 3. The van der Waals surface area contributed by atoms with Crippen LogP contribution in [0.2, 0.25) is 0 Å². The Morgan fingerprint density at radius 2 is 1.61 bits per heavy atom. The average Bonchev–Trinajstić information content (AvgIpc) is 2.99. The third kappa shape index (κ3) is 6.41. The molecule has 2 N–H and O–H groups in total. The number of ether oxygens (including phenoxy) is 1. The summed E-state index contributed by atoms with van der Waals surface area (Å²) in [6.45, 7) is 0.270. The molecule has 4 rings (SSSR count). The molecule has 2 atom stereocenters. The van der Waals surface area contributed by atoms with Crippen LogP contribution in [-0.2, 0) is 11.4 Å². The van der Waals surface area contributed by atoms with Gasteiger partial charge >= 0.3 is 6.36 Å². The summed E-state index contributed by atoms with van der Waals surface area (Å²) in [7, 11) is 1.73. The third-order valence-corrected chi connectivity index (χ3v) is 7.41. The lowest BCUT2D eigenvalue weighted by Crippen LogP contribution is -2.35. The summed E-state index contributed by atoms with van der Waals surface area (Å²) in [5.74, 6) is -0.505. The maximum atomic E-state index is 13.2. The lowest BCUT2D eigenvalue weighted by atomic mass is 10.0. The molecule has 3 aromatic rings. The van der Waals surface area contributed by atoms with Crippen molar-refractivity contribution in [2.24, 2.45) is 0 Å². The van der Waals surface area contributed by atoms with Gasteiger partial charge in [-0.05, 0) is 67.8 Å². The van der Waals surface area contributed by atoms with Gasteiger partial charge in [-0.15, -0.1) is 17.9 Å². The molecule has 1 amide bonds. The second kappa shape index (κ2) is 12.1. The number of carbonyl (C=O) groups is 1. The van der Waals surface area contributed by atoms with Crippen molar-refractivity contribution in [2.75, 3.05) is 30.0 Å². The van der Waals surface area contributed by atoms with E-state index in [2.05, 4.69) is 9.46 Å². The van der Waals surface area contributed by atoms with E-state index in [4.69, 9.17) is 0 Å². The highest BCUT2D eigenvalue weighted by Crippen LogP contribution is 2.42. The first kappa shape index (κ1) is 27.8. The summed E-state index contributed by atoms with van der Waals surface area (Å²) >= 11 is -1.59. The van der Waals surface area contributed by atoms with Crippen molar-refractivity contribution in [1.82, 2.24) is 4.72 Å². The fourth-order valence-electron chi connectivity index (χ4n) is 4.45. The molecule has 3 aromatic carbocycles. The smallest absolute Gasteiger partial charge is 0.573 e. The molecule has 0 fully saturated rings. The van der Waals surface area contributed by atoms with Gasteiger partial charge in [-0.2, -0.15) is 0 Å². The minimum Gasteiger partial charge on any atom is -0.593 e. The van der Waals surface area contributed by atoms with Gasteiger partial charge in [0.25, 0.3) is 5.91 Å². The van der Waals surface area contributed by atoms with E-state index >= 15 is 0 Å². The molecule has 11 heteroatoms. The van der Waals surface area contributed by atoms with Crippen molar-refractivity contribution < 1.29 is 32.4 Å². The maximum absolute atomic E-state index is 13.2. The number of halogens is 3. The van der Waals surface area contributed by atoms with Crippen LogP contribution in [-0.4, -0.2) is 48.2 Å². The Balaban J connectivity index is 1.38. The van der Waals surface area contributed by atoms with E-state index in [1.165, 1.54) is 12.1 Å². The molecule has 1 aliphatic rings. The molecule has 0 bridgehead atoms. The van der Waals surface area contributed by atoms with E-state index in [1.54, 1.807) is 18.0 Å². The molecule has 0 spiro atoms. The first-order valence-electron chi connectivity index (χ1n) is 12.1. The molecule has 0 aliphatic carbocycles. The summed E-state index contributed by atoms with van der Waals surface area (Å²) in [4.78, 5) is 17.1. The molecular formula is C27H28F3N3O4S. The van der Waals surface area contributed by atoms with Crippen molar-refractivity contribution in [2.45, 2.75) is 36.6 Å². The zero-order chi connectivity index (χ0) is 27.3. The van der Waals surface area contributed by atoms with Gasteiger partial charge in [-0.25, -0.2) is 0 Å². The van der Waals surface area contributed by atoms with Crippen LogP contribution in [0.5, 0.6) is 5.75 Å². The number of aliphatic hydroxyl groups excluding tert-OH is 1. The van der Waals surface area contributed by atoms with Crippen LogP contribution < -0.4 is 19.3 Å². The number of hydrogen-bond acceptors (Lipinski definition) is 6. The van der Waals surface area contributed by atoms with E-state index in [9.17, 15) is 27.6 Å². The Bertz CT molecular complexity index is 1240. The van der Waals surface area contributed by atoms with E-state index in [1.807, 2.05) is 47.4 Å². The first-order valence-corrected chi connectivity index (χ1v) is 13.2. The number of unbranched alkanes of at least 4 members (excludes halogenated alkanes) is 1. The predicted octanol–water partition coefficient (Wildman–Crippen LogP) is 5.16. The Morgan fingerprint density at radius 1 is 0.974 bits per heavy atom. The normalized spacial score (nSPS) is 14.9. The molecule has 0 saturated carbocycles. The zero-order valence-electron chi connectivity index (χ0n) is 20.6. The van der Waals surface area contributed by atoms with Crippen LogP contribution in [0.15, 0.2) is 77.7 Å². The van der Waals surface area contributed by atoms with Crippen LogP contribution in [0.25, 0.3) is 0 Å². The highest BCUT2D eigenvalue weighted by molar-refractivity contribution is 7.89. The SMILES string of the molecule is CN1C(=O)c2ccccc2N(C(CO)CCCCN[S+]([O-])c2ccc(OC(F)(F)F)cc2)c2ccccc21. The van der Waals surface area contributed by atoms with Crippen LogP contribution >= 0.6 is 0 Å². The third-order valence-electron chi connectivity index (χ3n) is 6.25. The lowest BCUT2D eigenvalue weighted by Gasteiger charge is -2.33. The maximum Gasteiger partial charge on any atom is 0.573 e. The van der Waals surface area contributed by atoms with Gasteiger partial charge < -0.3 is 24.2 Å². The number of carbonyl (C=O) groups excluding carboxylic acids is 1. The van der Waals surface area contributed by atoms with Gasteiger partial charge in [0.2, 0.25) is 0 Å². The zero-order valence-corrected chi connectivity index (χ0v) is 21.5. The Kier molecular flexibility index (Phi) is 8.83. The van der Waals surface area contributed by atoms with Crippen LogP contribution in [0.1, 0.15) is 29.6 Å². The van der Waals surface area contributed by atoms with E-state index in [0.717, 1.165) is 29.2 Å². The van der Waals surface area contributed by atoms with Gasteiger partial charge in [0, 0.05) is 13.6 Å². The fourth-order valence-corrected chi connectivity index (χ4v) is 5.33. The highest BCUT2D eigenvalue weighted by atomic mass is 32.2. The number of nitrogens with one attached hydrogen (secondary N) is 1. The fraction of sp³-hybridized carbons (Fsp3) is 0.296. The van der Waals surface area contributed by atoms with Gasteiger partial charge in [0.1, 0.15) is 5.75 Å². The van der Waals surface area contributed by atoms with E-state index in [-0.39, 0.29) is 24.3 Å². The summed E-state index contributed by atoms with van der Waals surface area (Å²) in [6, 6.07) is 19.5. The number of aliphatic hydroxyl groups is 1. The Labute approximate surface area is 222 Å². The van der Waals surface area contributed by atoms with Gasteiger partial charge in [-0.3, -0.25) is 4.79 Å². The Morgan fingerprint density at radius 3 is 2.26 bits per heavy atom. The molecule has 7 nitrogen and oxygen atoms in total. The quantitative estimate of drug-likeness (QED) is 0.270. The number of anilines is 3. The van der Waals surface area contributed by atoms with Crippen molar-refractivity contribution in [3.63, 3.8) is 0 Å². The predicted molar refractivity (Wildman–Crippen MR) is 140 cm³/mol. The van der Waals surface area contributed by atoms with Crippen LogP contribution in [0, 0.1) is 0 Å². The number of para-hydroxylation sites is 3. The van der Waals surface area contributed by atoms with Crippen LogP contribution in [0.3, 0.4) is 0 Å². The summed E-state index contributed by atoms with van der Waals surface area (Å²) in [5, 5.41) is 10.4. The molecular weight excluding hydrogens is 519 g/mol. The second-order valence-electron chi connectivity index (χ2n) is 8.75. The summed E-state index contributed by atoms with van der Waals surface area (Å²) in [5.41, 5.74) is 2.85. The largest absolute Gasteiger partial charge is 0.593 e. The molecule has 0 aromatic heterocycles. The highest BCUT2D eigenvalue weighted by Gasteiger charge is 2.32. The second-order valence-corrected chi connectivity index (χ2v) is 10.1. The number of benzene rings is 3. The molecule has 202 valence electrons. The summed E-state index contributed by atoms with van der Waals surface area (Å²) in [6.07, 6.45) is -2.84. The monoisotopic (exact) mass is 547 g/mol. The number of rotatable bonds is 10. The Hall–Kier alpha value is -3.25. The number of nitrogens with zero attached hydrogens (tertiary/aromatic N) is 2. The molecule has 1 aliphatic heterocycles. The molecule has 0 radical (unpaired) electrons. The minimum atomic E-state index is -4.78. The van der Waals surface area contributed by atoms with Gasteiger partial charge in [-0.1, -0.05) is 24.3 Å². The molecule has 38 heavy (non-hydrogen) atoms. The molecule has 2 unspecified atom stereocenters. The van der Waals surface area contributed by atoms with E-state index < -0.39 is 17.7 Å². The van der Waals surface area contributed by atoms with Crippen molar-refractivity contribution in [3.05, 3.63) is 78.4 Å². The average molecular weight is 548 g/mol. The number of hydrogen-bond donors (Lipinski definition) is 2. The van der Waals surface area contributed by atoms with Crippen molar-refractivity contribution in [1.29, 1.82) is 0 Å². The van der Waals surface area contributed by atoms with Crippen molar-refractivity contribution in [3.8, 4) is 5.75 Å². The number of amides is 1. The first-order chi connectivity index (χ1) is 18.2. The molecule has 1 heterocycles. The lowest BCUT2D eigenvalue weighted by molar-refractivity contribution is -0.274. The standard InChI is InChI=1S/C27H28F3N3O4S/c1-32-24-11-4-5-12-25(24)33(23-10-3-2-9-22(23)26(32)35)19(18-34)8-6-7-17-31-38(36)21-15-13-20(14-16-21)37-27(28,29)30/h2-5,9-16,19,31,34H,6-8,17-18H2,1H3. The van der Waals surface area contributed by atoms with Crippen molar-refractivity contribution >= 4 is 34.3 Å². The van der Waals surface area contributed by atoms with Gasteiger partial charge in [0.15, 0.2) is 4.90 Å². The van der Waals surface area contributed by atoms with Gasteiger partial charge in [0.05, 0.1) is 46.6 Å². The van der Waals surface area contributed by atoms with Crippen LogP contribution in [0.4, 0.5) is 30.2 Å². The topological polar surface area (TPSA) is 88.1 Å². The minimum absolute atomic E-state index is 0.128. The molecule has 0 saturated heterocycles.